The number of esters is 1. The molecule has 0 radical (unpaired) electrons. The quantitative estimate of drug-likeness (QED) is 0.222. The number of carbonyl (C=O) groups excluding carboxylic acids is 2. The normalized spacial score (nSPS) is 12.5. The Labute approximate surface area is 203 Å². The Kier molecular flexibility index (Phi) is 11.2. The maximum atomic E-state index is 12.7. The maximum Gasteiger partial charge on any atom is 0.412 e. The molecule has 2 aromatic carbocycles. The molecule has 0 saturated heterocycles. The van der Waals surface area contributed by atoms with Crippen molar-refractivity contribution in [3.8, 4) is 11.5 Å². The predicted octanol–water partition coefficient (Wildman–Crippen LogP) is 4.68. The highest BCUT2D eigenvalue weighted by Crippen LogP contribution is 2.33. The Bertz CT molecular complexity index is 908. The van der Waals surface area contributed by atoms with Crippen LogP contribution in [0.3, 0.4) is 0 Å². The Morgan fingerprint density at radius 3 is 2.48 bits per heavy atom. The Balaban J connectivity index is 2.24. The molecule has 0 fully saturated rings. The summed E-state index contributed by atoms with van der Waals surface area (Å²) >= 11 is 5.48. The summed E-state index contributed by atoms with van der Waals surface area (Å²) in [6.45, 7) is 2.21. The summed E-state index contributed by atoms with van der Waals surface area (Å²) in [7, 11) is 1.44. The number of benzene rings is 2. The summed E-state index contributed by atoms with van der Waals surface area (Å²) < 4.78 is 21.8. The average Bonchev–Trinajstić information content (AvgIpc) is 2.82. The van der Waals surface area contributed by atoms with Gasteiger partial charge in [-0.15, -0.1) is 11.8 Å². The largest absolute Gasteiger partial charge is 0.504 e. The predicted molar refractivity (Wildman–Crippen MR) is 131 cm³/mol. The molecule has 2 rings (SSSR count). The number of phenolic OH excluding ortho intramolecular Hbond substituents is 1. The standard InChI is InChI=1S/C23H29NO7S2/c1-4-29-20(11-12-30-21(26)14-32)22(15-5-10-19(28-2)18(25)13-15)31-23(27)24-16-6-8-17(33-3)9-7-16/h5-10,13,20,22,25,32H,4,11-12,14H2,1-3H3,(H,24,27)/t20-,22-/m1/s1. The van der Waals surface area contributed by atoms with Crippen LogP contribution in [0.1, 0.15) is 25.0 Å². The highest BCUT2D eigenvalue weighted by molar-refractivity contribution is 7.98. The van der Waals surface area contributed by atoms with Gasteiger partial charge in [0.1, 0.15) is 6.10 Å². The second kappa shape index (κ2) is 13.9. The number of thiol groups is 1. The molecule has 0 bridgehead atoms. The van der Waals surface area contributed by atoms with Crippen molar-refractivity contribution in [3.63, 3.8) is 0 Å². The van der Waals surface area contributed by atoms with Crippen LogP contribution in [0, 0.1) is 0 Å². The van der Waals surface area contributed by atoms with Crippen molar-refractivity contribution < 1.29 is 33.6 Å². The van der Waals surface area contributed by atoms with Crippen molar-refractivity contribution in [2.75, 3.05) is 37.6 Å². The van der Waals surface area contributed by atoms with Gasteiger partial charge in [0.2, 0.25) is 0 Å². The lowest BCUT2D eigenvalue weighted by atomic mass is 10.0. The van der Waals surface area contributed by atoms with E-state index in [-0.39, 0.29) is 30.3 Å². The number of thioether (sulfide) groups is 1. The molecule has 0 heterocycles. The van der Waals surface area contributed by atoms with Gasteiger partial charge in [-0.3, -0.25) is 10.1 Å². The molecule has 0 aliphatic heterocycles. The molecular weight excluding hydrogens is 466 g/mol. The lowest BCUT2D eigenvalue weighted by molar-refractivity contribution is -0.142. The van der Waals surface area contributed by atoms with E-state index in [4.69, 9.17) is 18.9 Å². The minimum Gasteiger partial charge on any atom is -0.504 e. The molecule has 0 aliphatic rings. The number of nitrogens with one attached hydrogen (secondary N) is 1. The zero-order valence-electron chi connectivity index (χ0n) is 18.8. The van der Waals surface area contributed by atoms with E-state index in [0.29, 0.717) is 17.9 Å². The van der Waals surface area contributed by atoms with Crippen LogP contribution in [-0.4, -0.2) is 55.6 Å². The number of carbonyl (C=O) groups is 2. The molecular formula is C23H29NO7S2. The first-order valence-electron chi connectivity index (χ1n) is 10.3. The fourth-order valence-corrected chi connectivity index (χ4v) is 3.55. The van der Waals surface area contributed by atoms with E-state index in [1.807, 2.05) is 25.3 Å². The third-order valence-corrected chi connectivity index (χ3v) is 5.62. The number of hydrogen-bond acceptors (Lipinski definition) is 9. The van der Waals surface area contributed by atoms with E-state index in [1.54, 1.807) is 36.0 Å². The van der Waals surface area contributed by atoms with Gasteiger partial charge in [-0.05, 0) is 55.1 Å². The molecule has 1 amide bonds. The van der Waals surface area contributed by atoms with Gasteiger partial charge in [-0.25, -0.2) is 4.79 Å². The maximum absolute atomic E-state index is 12.7. The van der Waals surface area contributed by atoms with Crippen LogP contribution in [0.2, 0.25) is 0 Å². The van der Waals surface area contributed by atoms with E-state index < -0.39 is 24.3 Å². The van der Waals surface area contributed by atoms with Crippen LogP contribution in [0.15, 0.2) is 47.4 Å². The molecule has 0 spiro atoms. The number of ether oxygens (including phenoxy) is 4. The highest BCUT2D eigenvalue weighted by Gasteiger charge is 2.29. The minimum absolute atomic E-state index is 0.0384. The van der Waals surface area contributed by atoms with Crippen LogP contribution in [0.5, 0.6) is 11.5 Å². The number of amides is 1. The van der Waals surface area contributed by atoms with E-state index in [1.165, 1.54) is 13.2 Å². The third-order valence-electron chi connectivity index (χ3n) is 4.61. The molecule has 0 saturated carbocycles. The monoisotopic (exact) mass is 495 g/mol. The fourth-order valence-electron chi connectivity index (χ4n) is 3.05. The highest BCUT2D eigenvalue weighted by atomic mass is 32.2. The van der Waals surface area contributed by atoms with Crippen LogP contribution in [0.25, 0.3) is 0 Å². The molecule has 2 aromatic rings. The second-order valence-electron chi connectivity index (χ2n) is 6.77. The number of hydrogen-bond donors (Lipinski definition) is 3. The summed E-state index contributed by atoms with van der Waals surface area (Å²) in [6, 6.07) is 12.0. The lowest BCUT2D eigenvalue weighted by Gasteiger charge is -2.27. The Hall–Kier alpha value is -2.56. The van der Waals surface area contributed by atoms with E-state index in [0.717, 1.165) is 4.90 Å². The van der Waals surface area contributed by atoms with E-state index >= 15 is 0 Å². The van der Waals surface area contributed by atoms with Crippen molar-refractivity contribution in [2.45, 2.75) is 30.4 Å². The van der Waals surface area contributed by atoms with Gasteiger partial charge in [0.05, 0.1) is 19.5 Å². The number of anilines is 1. The number of methoxy groups -OCH3 is 1. The van der Waals surface area contributed by atoms with Gasteiger partial charge in [0.15, 0.2) is 17.6 Å². The lowest BCUT2D eigenvalue weighted by Crippen LogP contribution is -2.30. The summed E-state index contributed by atoms with van der Waals surface area (Å²) in [5, 5.41) is 13.0. The van der Waals surface area contributed by atoms with Gasteiger partial charge in [0, 0.05) is 23.6 Å². The first-order chi connectivity index (χ1) is 15.9. The molecule has 0 aliphatic carbocycles. The van der Waals surface area contributed by atoms with Crippen LogP contribution < -0.4 is 10.1 Å². The zero-order valence-corrected chi connectivity index (χ0v) is 20.5. The molecule has 33 heavy (non-hydrogen) atoms. The van der Waals surface area contributed by atoms with Gasteiger partial charge in [-0.1, -0.05) is 6.07 Å². The summed E-state index contributed by atoms with van der Waals surface area (Å²) in [5.74, 6) is -0.317. The van der Waals surface area contributed by atoms with E-state index in [9.17, 15) is 14.7 Å². The number of aromatic hydroxyl groups is 1. The molecule has 180 valence electrons. The smallest absolute Gasteiger partial charge is 0.412 e. The van der Waals surface area contributed by atoms with Crippen LogP contribution >= 0.6 is 24.4 Å². The Morgan fingerprint density at radius 1 is 1.18 bits per heavy atom. The van der Waals surface area contributed by atoms with Gasteiger partial charge < -0.3 is 24.1 Å². The Morgan fingerprint density at radius 2 is 1.91 bits per heavy atom. The first kappa shape index (κ1) is 26.7. The fraction of sp³-hybridized carbons (Fsp3) is 0.391. The van der Waals surface area contributed by atoms with Crippen molar-refractivity contribution in [1.29, 1.82) is 0 Å². The van der Waals surface area contributed by atoms with Gasteiger partial charge >= 0.3 is 12.1 Å². The number of phenols is 1. The van der Waals surface area contributed by atoms with Crippen LogP contribution in [0.4, 0.5) is 10.5 Å². The zero-order chi connectivity index (χ0) is 24.2. The molecule has 0 aromatic heterocycles. The SMILES string of the molecule is CCO[C@H](CCOC(=O)CS)[C@H](OC(=O)Nc1ccc(SC)cc1)c1ccc(OC)c(O)c1. The summed E-state index contributed by atoms with van der Waals surface area (Å²) in [4.78, 5) is 25.2. The second-order valence-corrected chi connectivity index (χ2v) is 7.97. The van der Waals surface area contributed by atoms with Crippen molar-refractivity contribution >= 4 is 42.1 Å². The molecule has 2 atom stereocenters. The topological polar surface area (TPSA) is 103 Å². The summed E-state index contributed by atoms with van der Waals surface area (Å²) in [6.07, 6.45) is 0.0133. The molecule has 0 unspecified atom stereocenters. The van der Waals surface area contributed by atoms with Crippen LogP contribution in [-0.2, 0) is 19.0 Å². The molecule has 8 nitrogen and oxygen atoms in total. The first-order valence-corrected chi connectivity index (χ1v) is 12.1. The van der Waals surface area contributed by atoms with Gasteiger partial charge in [0.25, 0.3) is 0 Å². The number of rotatable bonds is 12. The summed E-state index contributed by atoms with van der Waals surface area (Å²) in [5.41, 5.74) is 1.07. The van der Waals surface area contributed by atoms with Crippen molar-refractivity contribution in [3.05, 3.63) is 48.0 Å². The van der Waals surface area contributed by atoms with Crippen molar-refractivity contribution in [1.82, 2.24) is 0 Å². The molecule has 10 heteroatoms. The average molecular weight is 496 g/mol. The molecule has 2 N–H and O–H groups in total. The van der Waals surface area contributed by atoms with E-state index in [2.05, 4.69) is 17.9 Å². The van der Waals surface area contributed by atoms with Gasteiger partial charge in [-0.2, -0.15) is 12.6 Å². The minimum atomic E-state index is -0.887. The van der Waals surface area contributed by atoms with Crippen molar-refractivity contribution in [2.24, 2.45) is 0 Å². The third kappa shape index (κ3) is 8.38.